The molecule has 0 bridgehead atoms. The molecule has 1 unspecified atom stereocenters. The van der Waals surface area contributed by atoms with Gasteiger partial charge in [-0.2, -0.15) is 0 Å². The molecule has 0 aromatic rings. The van der Waals surface area contributed by atoms with Gasteiger partial charge >= 0.3 is 0 Å². The van der Waals surface area contributed by atoms with E-state index in [1.54, 1.807) is 6.08 Å². The summed E-state index contributed by atoms with van der Waals surface area (Å²) in [6.07, 6.45) is 19.2. The molecule has 0 N–H and O–H groups in total. The van der Waals surface area contributed by atoms with Gasteiger partial charge in [-0.05, 0) is 80.8 Å². The molecule has 1 nitrogen and oxygen atoms in total. The third-order valence-electron chi connectivity index (χ3n) is 8.48. The van der Waals surface area contributed by atoms with Crippen LogP contribution < -0.4 is 0 Å². The van der Waals surface area contributed by atoms with Gasteiger partial charge in [-0.25, -0.2) is 0 Å². The Morgan fingerprint density at radius 2 is 1.87 bits per heavy atom. The lowest BCUT2D eigenvalue weighted by Gasteiger charge is -2.58. The highest BCUT2D eigenvalue weighted by molar-refractivity contribution is 6.01. The molecule has 0 amide bonds. The Kier molecular flexibility index (Phi) is 3.07. The topological polar surface area (TPSA) is 17.1 Å². The van der Waals surface area contributed by atoms with Crippen LogP contribution in [0.25, 0.3) is 0 Å². The van der Waals surface area contributed by atoms with Crippen molar-refractivity contribution in [1.82, 2.24) is 0 Å². The standard InChI is InChI=1S/C22H28O/c1-5-20(2)11-9-19-17-7-6-15-14-16(23)8-12-21(15,3)18(17)10-13-22(19,20)4/h1,8,12,14,17-19H,6-7,9-11,13H2,2-4H3/t17?,18-,19-,20-,21-,22-/m0/s1. The van der Waals surface area contributed by atoms with Crippen molar-refractivity contribution in [2.75, 3.05) is 0 Å². The van der Waals surface area contributed by atoms with Crippen LogP contribution in [-0.4, -0.2) is 5.78 Å². The summed E-state index contributed by atoms with van der Waals surface area (Å²) < 4.78 is 0. The van der Waals surface area contributed by atoms with Crippen LogP contribution in [0, 0.1) is 46.3 Å². The first kappa shape index (κ1) is 15.3. The fourth-order valence-corrected chi connectivity index (χ4v) is 6.70. The van der Waals surface area contributed by atoms with Crippen LogP contribution in [0.4, 0.5) is 0 Å². The Hall–Kier alpha value is -1.29. The normalized spacial score (nSPS) is 51.3. The first-order valence-electron chi connectivity index (χ1n) is 9.26. The summed E-state index contributed by atoms with van der Waals surface area (Å²) in [4.78, 5) is 11.8. The number of rotatable bonds is 0. The highest BCUT2D eigenvalue weighted by Crippen LogP contribution is 2.69. The van der Waals surface area contributed by atoms with Crippen molar-refractivity contribution < 1.29 is 4.79 Å². The lowest BCUT2D eigenvalue weighted by molar-refractivity contribution is -0.111. The maximum Gasteiger partial charge on any atom is 0.178 e. The monoisotopic (exact) mass is 308 g/mol. The van der Waals surface area contributed by atoms with Crippen LogP contribution >= 0.6 is 0 Å². The summed E-state index contributed by atoms with van der Waals surface area (Å²) in [5, 5.41) is 0. The minimum atomic E-state index is 0.0675. The summed E-state index contributed by atoms with van der Waals surface area (Å²) in [7, 11) is 0. The SMILES string of the molecule is C#C[C@@]1(C)CC[C@H]2C3CCC4=CC(=O)C=C[C@]4(C)[C@H]3CC[C@@]21C. The molecule has 1 heteroatoms. The molecule has 0 aromatic carbocycles. The molecule has 6 atom stereocenters. The van der Waals surface area contributed by atoms with Gasteiger partial charge in [0.25, 0.3) is 0 Å². The number of terminal acetylenes is 1. The van der Waals surface area contributed by atoms with Gasteiger partial charge < -0.3 is 0 Å². The minimum absolute atomic E-state index is 0.0675. The average Bonchev–Trinajstić information content (AvgIpc) is 2.80. The van der Waals surface area contributed by atoms with Gasteiger partial charge in [-0.3, -0.25) is 4.79 Å². The number of hydrogen-bond donors (Lipinski definition) is 0. The van der Waals surface area contributed by atoms with Crippen molar-refractivity contribution in [2.45, 2.75) is 59.3 Å². The van der Waals surface area contributed by atoms with Crippen molar-refractivity contribution in [3.8, 4) is 12.3 Å². The van der Waals surface area contributed by atoms with Gasteiger partial charge in [-0.15, -0.1) is 6.42 Å². The number of ketones is 1. The summed E-state index contributed by atoms with van der Waals surface area (Å²) in [6, 6.07) is 0. The fourth-order valence-electron chi connectivity index (χ4n) is 6.70. The van der Waals surface area contributed by atoms with Crippen molar-refractivity contribution in [3.63, 3.8) is 0 Å². The Labute approximate surface area is 140 Å². The molecule has 4 aliphatic carbocycles. The fraction of sp³-hybridized carbons (Fsp3) is 0.682. The molecule has 4 rings (SSSR count). The Morgan fingerprint density at radius 1 is 1.13 bits per heavy atom. The first-order chi connectivity index (χ1) is 10.8. The van der Waals surface area contributed by atoms with Gasteiger partial charge in [0, 0.05) is 10.8 Å². The Bertz CT molecular complexity index is 662. The average molecular weight is 308 g/mol. The first-order valence-corrected chi connectivity index (χ1v) is 9.26. The molecule has 0 saturated heterocycles. The summed E-state index contributed by atoms with van der Waals surface area (Å²) in [5.74, 6) is 5.56. The van der Waals surface area contributed by atoms with Gasteiger partial charge in [0.2, 0.25) is 0 Å². The van der Waals surface area contributed by atoms with Crippen LogP contribution in [0.5, 0.6) is 0 Å². The Morgan fingerprint density at radius 3 is 2.61 bits per heavy atom. The largest absolute Gasteiger partial charge is 0.290 e. The zero-order chi connectivity index (χ0) is 16.5. The molecule has 0 spiro atoms. The van der Waals surface area contributed by atoms with Crippen LogP contribution in [0.1, 0.15) is 59.3 Å². The Balaban J connectivity index is 1.72. The molecule has 0 aliphatic heterocycles. The van der Waals surface area contributed by atoms with Gasteiger partial charge in [0.15, 0.2) is 5.78 Å². The number of hydrogen-bond acceptors (Lipinski definition) is 1. The molecule has 0 radical (unpaired) electrons. The van der Waals surface area contributed by atoms with Crippen LogP contribution in [0.2, 0.25) is 0 Å². The zero-order valence-electron chi connectivity index (χ0n) is 14.7. The van der Waals surface area contributed by atoms with E-state index in [4.69, 9.17) is 6.42 Å². The van der Waals surface area contributed by atoms with E-state index in [2.05, 4.69) is 32.8 Å². The molecule has 3 fully saturated rings. The van der Waals surface area contributed by atoms with E-state index in [9.17, 15) is 4.79 Å². The predicted octanol–water partition coefficient (Wildman–Crippen LogP) is 4.93. The number of fused-ring (bicyclic) bond motifs is 5. The van der Waals surface area contributed by atoms with Crippen molar-refractivity contribution in [2.24, 2.45) is 34.0 Å². The molecule has 122 valence electrons. The van der Waals surface area contributed by atoms with Crippen molar-refractivity contribution in [1.29, 1.82) is 0 Å². The van der Waals surface area contributed by atoms with Crippen LogP contribution in [0.15, 0.2) is 23.8 Å². The van der Waals surface area contributed by atoms with Gasteiger partial charge in [0.1, 0.15) is 0 Å². The number of carbonyl (C=O) groups excluding carboxylic acids is 1. The van der Waals surface area contributed by atoms with E-state index in [0.29, 0.717) is 11.3 Å². The van der Waals surface area contributed by atoms with E-state index in [0.717, 1.165) is 18.3 Å². The third kappa shape index (κ3) is 1.79. The highest BCUT2D eigenvalue weighted by Gasteiger charge is 2.61. The molecular formula is C22H28O. The second-order valence-electron chi connectivity index (χ2n) is 9.07. The van der Waals surface area contributed by atoms with E-state index < -0.39 is 0 Å². The molecule has 3 saturated carbocycles. The second kappa shape index (κ2) is 4.62. The maximum atomic E-state index is 11.8. The van der Waals surface area contributed by atoms with E-state index >= 15 is 0 Å². The van der Waals surface area contributed by atoms with Crippen LogP contribution in [-0.2, 0) is 4.79 Å². The zero-order valence-corrected chi connectivity index (χ0v) is 14.7. The number of carbonyl (C=O) groups is 1. The number of allylic oxidation sites excluding steroid dienone is 4. The molecule has 0 heterocycles. The minimum Gasteiger partial charge on any atom is -0.290 e. The second-order valence-corrected chi connectivity index (χ2v) is 9.07. The van der Waals surface area contributed by atoms with Gasteiger partial charge in [0.05, 0.1) is 0 Å². The molecule has 23 heavy (non-hydrogen) atoms. The quantitative estimate of drug-likeness (QED) is 0.580. The van der Waals surface area contributed by atoms with Crippen molar-refractivity contribution in [3.05, 3.63) is 23.8 Å². The van der Waals surface area contributed by atoms with E-state index in [-0.39, 0.29) is 16.6 Å². The molecule has 4 aliphatic rings. The predicted molar refractivity (Wildman–Crippen MR) is 93.6 cm³/mol. The van der Waals surface area contributed by atoms with Crippen molar-refractivity contribution >= 4 is 5.78 Å². The summed E-state index contributed by atoms with van der Waals surface area (Å²) in [6.45, 7) is 7.16. The summed E-state index contributed by atoms with van der Waals surface area (Å²) >= 11 is 0. The molecule has 0 aromatic heterocycles. The van der Waals surface area contributed by atoms with Gasteiger partial charge in [-0.1, -0.05) is 31.4 Å². The lowest BCUT2D eigenvalue weighted by atomic mass is 9.46. The van der Waals surface area contributed by atoms with E-state index in [1.165, 1.54) is 37.7 Å². The third-order valence-corrected chi connectivity index (χ3v) is 8.48. The lowest BCUT2D eigenvalue weighted by Crippen LogP contribution is -2.51. The summed E-state index contributed by atoms with van der Waals surface area (Å²) in [5.41, 5.74) is 1.85. The van der Waals surface area contributed by atoms with E-state index in [1.807, 2.05) is 6.08 Å². The molecular weight excluding hydrogens is 280 g/mol. The van der Waals surface area contributed by atoms with Crippen LogP contribution in [0.3, 0.4) is 0 Å². The maximum absolute atomic E-state index is 11.8. The highest BCUT2D eigenvalue weighted by atomic mass is 16.1. The smallest absolute Gasteiger partial charge is 0.178 e.